The first-order valence-corrected chi connectivity index (χ1v) is 11.6. The first kappa shape index (κ1) is 24.4. The van der Waals surface area contributed by atoms with Crippen molar-refractivity contribution in [3.8, 4) is 5.75 Å². The summed E-state index contributed by atoms with van der Waals surface area (Å²) in [7, 11) is 1.60. The van der Waals surface area contributed by atoms with Crippen molar-refractivity contribution in [2.75, 3.05) is 25.5 Å². The van der Waals surface area contributed by atoms with Gasteiger partial charge in [0.25, 0.3) is 0 Å². The molecular weight excluding hydrogens is 480 g/mol. The van der Waals surface area contributed by atoms with E-state index in [0.29, 0.717) is 29.9 Å². The van der Waals surface area contributed by atoms with Crippen LogP contribution in [0, 0.1) is 5.82 Å². The van der Waals surface area contributed by atoms with Crippen LogP contribution in [0.25, 0.3) is 10.9 Å². The van der Waals surface area contributed by atoms with Crippen LogP contribution in [0.3, 0.4) is 0 Å². The second kappa shape index (κ2) is 9.12. The van der Waals surface area contributed by atoms with Crippen molar-refractivity contribution in [3.63, 3.8) is 0 Å². The lowest BCUT2D eigenvalue weighted by Crippen LogP contribution is -2.42. The number of likely N-dealkylation sites (tertiary alicyclic amines) is 1. The minimum absolute atomic E-state index is 0.112. The van der Waals surface area contributed by atoms with Crippen LogP contribution < -0.4 is 10.1 Å². The van der Waals surface area contributed by atoms with Gasteiger partial charge in [-0.15, -0.1) is 0 Å². The molecule has 0 radical (unpaired) electrons. The van der Waals surface area contributed by atoms with Gasteiger partial charge in [0, 0.05) is 29.4 Å². The topological polar surface area (TPSA) is 63.7 Å². The molecule has 0 bridgehead atoms. The average molecular weight is 506 g/mol. The van der Waals surface area contributed by atoms with Gasteiger partial charge in [0.15, 0.2) is 0 Å². The van der Waals surface area contributed by atoms with Gasteiger partial charge in [-0.3, -0.25) is 4.98 Å². The van der Waals surface area contributed by atoms with E-state index < -0.39 is 23.1 Å². The van der Waals surface area contributed by atoms with Gasteiger partial charge in [-0.1, -0.05) is 23.2 Å². The van der Waals surface area contributed by atoms with E-state index in [0.717, 1.165) is 5.39 Å². The van der Waals surface area contributed by atoms with Crippen molar-refractivity contribution in [2.24, 2.45) is 0 Å². The summed E-state index contributed by atoms with van der Waals surface area (Å²) in [5.74, 6) is 0.195. The molecule has 34 heavy (non-hydrogen) atoms. The lowest BCUT2D eigenvalue weighted by Gasteiger charge is -2.34. The number of hydrogen-bond donors (Lipinski definition) is 1. The molecule has 4 rings (SSSR count). The van der Waals surface area contributed by atoms with Gasteiger partial charge in [0.05, 0.1) is 34.8 Å². The molecule has 1 aliphatic rings. The third-order valence-corrected chi connectivity index (χ3v) is 6.55. The van der Waals surface area contributed by atoms with E-state index in [1.54, 1.807) is 45.0 Å². The Balaban J connectivity index is 1.77. The molecule has 0 unspecified atom stereocenters. The summed E-state index contributed by atoms with van der Waals surface area (Å²) in [5.41, 5.74) is -0.0758. The number of anilines is 1. The molecule has 2 heterocycles. The number of carbonyl (C=O) groups is 1. The van der Waals surface area contributed by atoms with E-state index in [1.807, 2.05) is 18.2 Å². The minimum Gasteiger partial charge on any atom is -0.496 e. The zero-order valence-corrected chi connectivity index (χ0v) is 20.9. The van der Waals surface area contributed by atoms with Crippen molar-refractivity contribution in [1.29, 1.82) is 0 Å². The number of aromatic nitrogens is 1. The number of fused-ring (bicyclic) bond motifs is 1. The zero-order chi connectivity index (χ0) is 24.7. The summed E-state index contributed by atoms with van der Waals surface area (Å²) in [5, 5.41) is 4.64. The van der Waals surface area contributed by atoms with E-state index >= 15 is 4.39 Å². The number of ether oxygens (including phenoxy) is 2. The summed E-state index contributed by atoms with van der Waals surface area (Å²) in [4.78, 5) is 18.8. The third-order valence-electron chi connectivity index (χ3n) is 5.75. The van der Waals surface area contributed by atoms with E-state index in [9.17, 15) is 4.79 Å². The van der Waals surface area contributed by atoms with Gasteiger partial charge in [-0.25, -0.2) is 9.18 Å². The summed E-state index contributed by atoms with van der Waals surface area (Å²) in [6.45, 7) is 5.90. The highest BCUT2D eigenvalue weighted by Crippen LogP contribution is 2.43. The molecule has 1 saturated heterocycles. The van der Waals surface area contributed by atoms with Gasteiger partial charge in [-0.2, -0.15) is 0 Å². The Morgan fingerprint density at radius 2 is 1.97 bits per heavy atom. The summed E-state index contributed by atoms with van der Waals surface area (Å²) in [6.07, 6.45) is 1.58. The Labute approximate surface area is 208 Å². The lowest BCUT2D eigenvalue weighted by molar-refractivity contribution is 0.0286. The number of benzene rings is 2. The number of amides is 1. The number of nitrogens with zero attached hydrogens (tertiary/aromatic N) is 2. The van der Waals surface area contributed by atoms with Crippen molar-refractivity contribution < 1.29 is 18.7 Å². The van der Waals surface area contributed by atoms with Crippen LogP contribution in [-0.2, 0) is 10.3 Å². The molecule has 1 atom stereocenters. The molecule has 2 aromatic carbocycles. The maximum Gasteiger partial charge on any atom is 0.410 e. The predicted octanol–water partition coefficient (Wildman–Crippen LogP) is 6.64. The van der Waals surface area contributed by atoms with Crippen LogP contribution in [0.5, 0.6) is 5.75 Å². The SMILES string of the molecule is COc1ccnc2cc(N[C@@]3(c4c(F)ccc(Cl)c4Cl)CCN(C(=O)OC(C)(C)C)C3)ccc12. The van der Waals surface area contributed by atoms with Gasteiger partial charge in [0.1, 0.15) is 17.2 Å². The van der Waals surface area contributed by atoms with Crippen LogP contribution in [0.4, 0.5) is 14.9 Å². The van der Waals surface area contributed by atoms with Crippen molar-refractivity contribution >= 4 is 45.9 Å². The third kappa shape index (κ3) is 4.72. The molecular formula is C25H26Cl2FN3O3. The first-order chi connectivity index (χ1) is 16.0. The quantitative estimate of drug-likeness (QED) is 0.402. The fourth-order valence-electron chi connectivity index (χ4n) is 4.28. The molecule has 0 saturated carbocycles. The van der Waals surface area contributed by atoms with Crippen LogP contribution in [0.2, 0.25) is 10.0 Å². The van der Waals surface area contributed by atoms with Gasteiger partial charge in [-0.05, 0) is 63.6 Å². The number of nitrogens with one attached hydrogen (secondary N) is 1. The maximum absolute atomic E-state index is 15.2. The van der Waals surface area contributed by atoms with Crippen molar-refractivity contribution in [3.05, 3.63) is 64.0 Å². The van der Waals surface area contributed by atoms with Crippen LogP contribution >= 0.6 is 23.2 Å². The zero-order valence-electron chi connectivity index (χ0n) is 19.4. The molecule has 0 spiro atoms. The Hall–Kier alpha value is -2.77. The lowest BCUT2D eigenvalue weighted by atomic mass is 9.87. The number of carbonyl (C=O) groups excluding carboxylic acids is 1. The molecule has 180 valence electrons. The number of hydrogen-bond acceptors (Lipinski definition) is 5. The fourth-order valence-corrected chi connectivity index (χ4v) is 4.77. The number of rotatable bonds is 4. The Bertz CT molecular complexity index is 1250. The normalized spacial score (nSPS) is 18.3. The standard InChI is InChI=1S/C25H26Cl2FN3O3/c1-24(2,3)34-23(32)31-12-10-25(14-31,21-18(28)8-7-17(26)22(21)27)30-15-5-6-16-19(13-15)29-11-9-20(16)33-4/h5-9,11,13,30H,10,12,14H2,1-4H3/t25-/m0/s1. The van der Waals surface area contributed by atoms with E-state index in [-0.39, 0.29) is 22.2 Å². The summed E-state index contributed by atoms with van der Waals surface area (Å²) < 4.78 is 26.2. The minimum atomic E-state index is -1.03. The van der Waals surface area contributed by atoms with E-state index in [1.165, 1.54) is 12.1 Å². The highest BCUT2D eigenvalue weighted by Gasteiger charge is 2.46. The first-order valence-electron chi connectivity index (χ1n) is 10.9. The second-order valence-corrected chi connectivity index (χ2v) is 10.1. The van der Waals surface area contributed by atoms with Crippen molar-refractivity contribution in [1.82, 2.24) is 9.88 Å². The molecule has 1 aliphatic heterocycles. The molecule has 9 heteroatoms. The van der Waals surface area contributed by atoms with Crippen LogP contribution in [-0.4, -0.2) is 41.8 Å². The molecule has 3 aromatic rings. The molecule has 6 nitrogen and oxygen atoms in total. The molecule has 1 aromatic heterocycles. The van der Waals surface area contributed by atoms with E-state index in [4.69, 9.17) is 32.7 Å². The monoisotopic (exact) mass is 505 g/mol. The Kier molecular flexibility index (Phi) is 6.53. The second-order valence-electron chi connectivity index (χ2n) is 9.32. The Morgan fingerprint density at radius 3 is 2.68 bits per heavy atom. The molecule has 1 fully saturated rings. The summed E-state index contributed by atoms with van der Waals surface area (Å²) in [6, 6.07) is 10.1. The van der Waals surface area contributed by atoms with Crippen LogP contribution in [0.1, 0.15) is 32.8 Å². The summed E-state index contributed by atoms with van der Waals surface area (Å²) >= 11 is 12.8. The highest BCUT2D eigenvalue weighted by molar-refractivity contribution is 6.42. The van der Waals surface area contributed by atoms with Crippen molar-refractivity contribution in [2.45, 2.75) is 38.3 Å². The molecule has 1 amide bonds. The van der Waals surface area contributed by atoms with Crippen LogP contribution in [0.15, 0.2) is 42.6 Å². The van der Waals surface area contributed by atoms with Gasteiger partial charge in [0.2, 0.25) is 0 Å². The number of halogens is 3. The molecule has 1 N–H and O–H groups in total. The Morgan fingerprint density at radius 1 is 1.21 bits per heavy atom. The van der Waals surface area contributed by atoms with E-state index in [2.05, 4.69) is 10.3 Å². The van der Waals surface area contributed by atoms with Gasteiger partial charge >= 0.3 is 6.09 Å². The highest BCUT2D eigenvalue weighted by atomic mass is 35.5. The molecule has 0 aliphatic carbocycles. The number of pyridine rings is 1. The number of methoxy groups -OCH3 is 1. The predicted molar refractivity (Wildman–Crippen MR) is 132 cm³/mol. The maximum atomic E-state index is 15.2. The average Bonchev–Trinajstić information content (AvgIpc) is 3.19. The van der Waals surface area contributed by atoms with Gasteiger partial charge < -0.3 is 19.7 Å². The smallest absolute Gasteiger partial charge is 0.410 e. The fraction of sp³-hybridized carbons (Fsp3) is 0.360. The largest absolute Gasteiger partial charge is 0.496 e.